The Morgan fingerprint density at radius 1 is 0.914 bits per heavy atom. The first-order valence-electron chi connectivity index (χ1n) is 10.3. The van der Waals surface area contributed by atoms with Crippen molar-refractivity contribution in [2.45, 2.75) is 6.92 Å². The Bertz CT molecular complexity index is 1360. The Hall–Kier alpha value is -3.52. The minimum Gasteiger partial charge on any atom is -0.490 e. The number of hydrogen-bond acceptors (Lipinski definition) is 6. The molecule has 2 amide bonds. The van der Waals surface area contributed by atoms with E-state index < -0.39 is 17.8 Å². The number of hydrogen-bond donors (Lipinski definition) is 1. The van der Waals surface area contributed by atoms with Gasteiger partial charge in [0.1, 0.15) is 10.7 Å². The fraction of sp³-hybridized carbons (Fsp3) is 0.0800. The number of nitrogens with one attached hydrogen (secondary N) is 1. The second-order valence-electron chi connectivity index (χ2n) is 7.20. The van der Waals surface area contributed by atoms with Crippen LogP contribution < -0.4 is 19.7 Å². The summed E-state index contributed by atoms with van der Waals surface area (Å²) in [6.07, 6.45) is 0. The summed E-state index contributed by atoms with van der Waals surface area (Å²) in [5, 5.41) is 3.02. The van der Waals surface area contributed by atoms with Crippen molar-refractivity contribution in [1.82, 2.24) is 0 Å². The van der Waals surface area contributed by atoms with Crippen LogP contribution in [0.15, 0.2) is 77.5 Å². The average Bonchev–Trinajstić information content (AvgIpc) is 3.04. The normalized spacial score (nSPS) is 13.3. The lowest BCUT2D eigenvalue weighted by Gasteiger charge is -2.16. The summed E-state index contributed by atoms with van der Waals surface area (Å²) >= 11 is 18.2. The van der Waals surface area contributed by atoms with Crippen molar-refractivity contribution in [2.75, 3.05) is 16.8 Å². The molecule has 0 atom stereocenters. The molecule has 1 heterocycles. The largest absolute Gasteiger partial charge is 0.490 e. The summed E-state index contributed by atoms with van der Waals surface area (Å²) in [6.45, 7) is 2.26. The van der Waals surface area contributed by atoms with Gasteiger partial charge in [0.2, 0.25) is 0 Å². The van der Waals surface area contributed by atoms with Crippen LogP contribution in [0, 0.1) is 0 Å². The van der Waals surface area contributed by atoms with E-state index in [2.05, 4.69) is 5.32 Å². The Labute approximate surface area is 215 Å². The summed E-state index contributed by atoms with van der Waals surface area (Å²) in [5.74, 6) is -1.24. The number of nitrogens with zero attached hydrogens (tertiary/aromatic N) is 1. The first-order chi connectivity index (χ1) is 16.8. The number of carbonyl (C=O) groups excluding carboxylic acids is 3. The van der Waals surface area contributed by atoms with Gasteiger partial charge in [0.05, 0.1) is 22.9 Å². The van der Waals surface area contributed by atoms with Crippen LogP contribution in [0.3, 0.4) is 0 Å². The maximum Gasteiger partial charge on any atom is 0.343 e. The second-order valence-corrected chi connectivity index (χ2v) is 8.42. The van der Waals surface area contributed by atoms with E-state index in [1.54, 1.807) is 36.4 Å². The highest BCUT2D eigenvalue weighted by atomic mass is 35.5. The van der Waals surface area contributed by atoms with E-state index >= 15 is 0 Å². The SMILES string of the molecule is CCOc1ccccc1OC(=O)c1ccc(NC2=C(Cl)C(=O)N(c3ccc(Cl)cc3Cl)C2=O)cc1. The molecule has 1 aliphatic rings. The van der Waals surface area contributed by atoms with Crippen molar-refractivity contribution >= 4 is 64.0 Å². The number of esters is 1. The van der Waals surface area contributed by atoms with Crippen molar-refractivity contribution in [3.05, 3.63) is 93.1 Å². The number of carbonyl (C=O) groups is 3. The zero-order valence-electron chi connectivity index (χ0n) is 18.2. The van der Waals surface area contributed by atoms with Gasteiger partial charge in [0.25, 0.3) is 11.8 Å². The molecule has 1 N–H and O–H groups in total. The molecule has 7 nitrogen and oxygen atoms in total. The van der Waals surface area contributed by atoms with E-state index in [0.717, 1.165) is 4.90 Å². The maximum absolute atomic E-state index is 13.0. The summed E-state index contributed by atoms with van der Waals surface area (Å²) in [4.78, 5) is 39.1. The number of halogens is 3. The van der Waals surface area contributed by atoms with E-state index in [4.69, 9.17) is 44.3 Å². The van der Waals surface area contributed by atoms with E-state index in [0.29, 0.717) is 28.8 Å². The van der Waals surface area contributed by atoms with E-state index in [-0.39, 0.29) is 27.0 Å². The molecule has 178 valence electrons. The smallest absolute Gasteiger partial charge is 0.343 e. The van der Waals surface area contributed by atoms with Gasteiger partial charge < -0.3 is 14.8 Å². The van der Waals surface area contributed by atoms with Gasteiger partial charge >= 0.3 is 5.97 Å². The molecule has 10 heteroatoms. The molecule has 4 rings (SSSR count). The third kappa shape index (κ3) is 5.12. The number of para-hydroxylation sites is 2. The van der Waals surface area contributed by atoms with Gasteiger partial charge in [-0.05, 0) is 61.5 Å². The van der Waals surface area contributed by atoms with Crippen LogP contribution in [0.4, 0.5) is 11.4 Å². The predicted molar refractivity (Wildman–Crippen MR) is 134 cm³/mol. The highest BCUT2D eigenvalue weighted by molar-refractivity contribution is 6.53. The van der Waals surface area contributed by atoms with Crippen LogP contribution >= 0.6 is 34.8 Å². The molecule has 0 saturated heterocycles. The van der Waals surface area contributed by atoms with E-state index in [1.165, 1.54) is 30.3 Å². The Balaban J connectivity index is 1.49. The van der Waals surface area contributed by atoms with Crippen LogP contribution in [0.5, 0.6) is 11.5 Å². The lowest BCUT2D eigenvalue weighted by atomic mass is 10.2. The van der Waals surface area contributed by atoms with Gasteiger partial charge in [0.15, 0.2) is 11.5 Å². The summed E-state index contributed by atoms with van der Waals surface area (Å²) in [5.41, 5.74) is 0.732. The summed E-state index contributed by atoms with van der Waals surface area (Å²) < 4.78 is 10.9. The molecule has 1 aliphatic heterocycles. The number of ether oxygens (including phenoxy) is 2. The Morgan fingerprint density at radius 3 is 2.26 bits per heavy atom. The number of anilines is 2. The van der Waals surface area contributed by atoms with Crippen LogP contribution in [-0.4, -0.2) is 24.4 Å². The standard InChI is InChI=1S/C25H17Cl3N2O5/c1-2-34-19-5-3-4-6-20(19)35-25(33)14-7-10-16(11-8-14)29-22-21(28)23(31)30(24(22)32)18-12-9-15(26)13-17(18)27/h3-13,29H,2H2,1H3. The van der Waals surface area contributed by atoms with Gasteiger partial charge in [-0.3, -0.25) is 9.59 Å². The van der Waals surface area contributed by atoms with Crippen molar-refractivity contribution in [3.63, 3.8) is 0 Å². The zero-order chi connectivity index (χ0) is 25.1. The molecule has 0 fully saturated rings. The molecule has 0 aromatic heterocycles. The molecular weight excluding hydrogens is 515 g/mol. The molecule has 0 saturated carbocycles. The molecule has 3 aromatic rings. The average molecular weight is 532 g/mol. The van der Waals surface area contributed by atoms with Crippen molar-refractivity contribution in [1.29, 1.82) is 0 Å². The summed E-state index contributed by atoms with van der Waals surface area (Å²) in [6, 6.07) is 17.4. The number of rotatable bonds is 7. The number of benzene rings is 3. The van der Waals surface area contributed by atoms with Gasteiger partial charge in [0, 0.05) is 10.7 Å². The van der Waals surface area contributed by atoms with Crippen LogP contribution in [0.25, 0.3) is 0 Å². The van der Waals surface area contributed by atoms with Crippen LogP contribution in [0.1, 0.15) is 17.3 Å². The van der Waals surface area contributed by atoms with Gasteiger partial charge in [-0.1, -0.05) is 46.9 Å². The van der Waals surface area contributed by atoms with Crippen LogP contribution in [-0.2, 0) is 9.59 Å². The van der Waals surface area contributed by atoms with E-state index in [9.17, 15) is 14.4 Å². The van der Waals surface area contributed by atoms with E-state index in [1.807, 2.05) is 6.92 Å². The minimum atomic E-state index is -0.725. The molecule has 0 unspecified atom stereocenters. The number of amides is 2. The Morgan fingerprint density at radius 2 is 1.60 bits per heavy atom. The fourth-order valence-electron chi connectivity index (χ4n) is 3.29. The van der Waals surface area contributed by atoms with Crippen LogP contribution in [0.2, 0.25) is 10.0 Å². The monoisotopic (exact) mass is 530 g/mol. The molecule has 0 radical (unpaired) electrons. The minimum absolute atomic E-state index is 0.122. The summed E-state index contributed by atoms with van der Waals surface area (Å²) in [7, 11) is 0. The third-order valence-corrected chi connectivity index (χ3v) is 5.81. The lowest BCUT2D eigenvalue weighted by molar-refractivity contribution is -0.120. The molecule has 35 heavy (non-hydrogen) atoms. The molecule has 0 aliphatic carbocycles. The molecule has 3 aromatic carbocycles. The molecule has 0 spiro atoms. The van der Waals surface area contributed by atoms with Crippen molar-refractivity contribution < 1.29 is 23.9 Å². The Kier molecular flexibility index (Phi) is 7.31. The van der Waals surface area contributed by atoms with Crippen molar-refractivity contribution in [2.24, 2.45) is 0 Å². The van der Waals surface area contributed by atoms with Gasteiger partial charge in [-0.2, -0.15) is 0 Å². The predicted octanol–water partition coefficient (Wildman–Crippen LogP) is 6.05. The highest BCUT2D eigenvalue weighted by Gasteiger charge is 2.39. The topological polar surface area (TPSA) is 84.9 Å². The first-order valence-corrected chi connectivity index (χ1v) is 11.5. The van der Waals surface area contributed by atoms with Gasteiger partial charge in [-0.25, -0.2) is 9.69 Å². The fourth-order valence-corrected chi connectivity index (χ4v) is 4.00. The highest BCUT2D eigenvalue weighted by Crippen LogP contribution is 2.35. The zero-order valence-corrected chi connectivity index (χ0v) is 20.4. The van der Waals surface area contributed by atoms with Crippen molar-refractivity contribution in [3.8, 4) is 11.5 Å². The van der Waals surface area contributed by atoms with Gasteiger partial charge in [-0.15, -0.1) is 0 Å². The maximum atomic E-state index is 13.0. The first kappa shape index (κ1) is 24.6. The molecule has 0 bridgehead atoms. The number of imide groups is 1. The lowest BCUT2D eigenvalue weighted by Crippen LogP contribution is -2.32. The molecular formula is C25H17Cl3N2O5. The third-order valence-electron chi connectivity index (χ3n) is 4.92. The quantitative estimate of drug-likeness (QED) is 0.227. The second kappa shape index (κ2) is 10.4.